The average Bonchev–Trinajstić information content (AvgIpc) is 2.79. The first-order valence-electron chi connectivity index (χ1n) is 10.4. The molecule has 0 aliphatic heterocycles. The molecular formula is C24H21ClFNO6S. The van der Waals surface area contributed by atoms with Crippen LogP contribution in [0.5, 0.6) is 17.2 Å². The van der Waals surface area contributed by atoms with Crippen molar-refractivity contribution in [1.29, 1.82) is 0 Å². The van der Waals surface area contributed by atoms with Gasteiger partial charge in [-0.1, -0.05) is 23.7 Å². The lowest BCUT2D eigenvalue weighted by Gasteiger charge is -2.27. The molecule has 1 aliphatic rings. The number of benzene rings is 3. The Morgan fingerprint density at radius 2 is 1.85 bits per heavy atom. The van der Waals surface area contributed by atoms with Gasteiger partial charge in [0, 0.05) is 12.1 Å². The largest absolute Gasteiger partial charge is 0.482 e. The molecule has 178 valence electrons. The third-order valence-electron chi connectivity index (χ3n) is 5.36. The van der Waals surface area contributed by atoms with Crippen molar-refractivity contribution in [3.05, 3.63) is 82.6 Å². The molecule has 0 aromatic heterocycles. The topological polar surface area (TPSA) is 102 Å². The summed E-state index contributed by atoms with van der Waals surface area (Å²) in [5.74, 6) is -0.372. The highest BCUT2D eigenvalue weighted by atomic mass is 35.5. The summed E-state index contributed by atoms with van der Waals surface area (Å²) in [6.45, 7) is -0.477. The highest BCUT2D eigenvalue weighted by Crippen LogP contribution is 2.37. The standard InChI is InChI=1S/C24H21ClFNO6S/c25-20-13-17(33-16-9-7-15(26)8-10-16)11-12-23(20)34(30,31)27-21-5-1-4-19-18(21)3-2-6-22(19)32-14-24(28)29/h2-3,6-13,21,27H,1,4-5,14H2,(H,28,29). The lowest BCUT2D eigenvalue weighted by atomic mass is 9.87. The first-order chi connectivity index (χ1) is 16.2. The molecule has 0 bridgehead atoms. The fourth-order valence-electron chi connectivity index (χ4n) is 3.86. The van der Waals surface area contributed by atoms with Crippen molar-refractivity contribution in [2.24, 2.45) is 0 Å². The summed E-state index contributed by atoms with van der Waals surface area (Å²) < 4.78 is 53.1. The van der Waals surface area contributed by atoms with Crippen LogP contribution in [0.25, 0.3) is 0 Å². The van der Waals surface area contributed by atoms with Crippen LogP contribution in [0.1, 0.15) is 30.0 Å². The Bertz CT molecular complexity index is 1310. The van der Waals surface area contributed by atoms with E-state index in [-0.39, 0.29) is 9.92 Å². The number of halogens is 2. The Morgan fingerprint density at radius 1 is 1.12 bits per heavy atom. The van der Waals surface area contributed by atoms with Crippen molar-refractivity contribution in [3.63, 3.8) is 0 Å². The van der Waals surface area contributed by atoms with Gasteiger partial charge in [-0.2, -0.15) is 0 Å². The van der Waals surface area contributed by atoms with Gasteiger partial charge in [-0.15, -0.1) is 0 Å². The second-order valence-corrected chi connectivity index (χ2v) is 9.81. The van der Waals surface area contributed by atoms with Crippen LogP contribution in [-0.2, 0) is 21.2 Å². The number of carboxylic acids is 1. The van der Waals surface area contributed by atoms with E-state index in [2.05, 4.69) is 4.72 Å². The van der Waals surface area contributed by atoms with Gasteiger partial charge >= 0.3 is 5.97 Å². The van der Waals surface area contributed by atoms with Crippen LogP contribution < -0.4 is 14.2 Å². The number of aliphatic carboxylic acids is 1. The lowest BCUT2D eigenvalue weighted by molar-refractivity contribution is -0.139. The summed E-state index contributed by atoms with van der Waals surface area (Å²) in [6, 6.07) is 14.3. The second kappa shape index (κ2) is 10.0. The fourth-order valence-corrected chi connectivity index (χ4v) is 5.65. The number of rotatable bonds is 8. The minimum Gasteiger partial charge on any atom is -0.482 e. The molecule has 34 heavy (non-hydrogen) atoms. The summed E-state index contributed by atoms with van der Waals surface area (Å²) in [6.07, 6.45) is 1.92. The van der Waals surface area contributed by atoms with Crippen LogP contribution >= 0.6 is 11.6 Å². The molecule has 3 aromatic rings. The normalized spacial score (nSPS) is 15.4. The maximum Gasteiger partial charge on any atom is 0.341 e. The molecule has 7 nitrogen and oxygen atoms in total. The second-order valence-electron chi connectivity index (χ2n) is 7.72. The first kappa shape index (κ1) is 24.0. The molecule has 3 aromatic carbocycles. The van der Waals surface area contributed by atoms with E-state index in [1.807, 2.05) is 0 Å². The minimum atomic E-state index is -3.99. The van der Waals surface area contributed by atoms with Crippen LogP contribution in [0.3, 0.4) is 0 Å². The first-order valence-corrected chi connectivity index (χ1v) is 12.3. The Kier molecular flexibility index (Phi) is 7.06. The minimum absolute atomic E-state index is 0.0262. The number of carbonyl (C=O) groups is 1. The van der Waals surface area contributed by atoms with E-state index < -0.39 is 34.5 Å². The van der Waals surface area contributed by atoms with E-state index in [1.165, 1.54) is 42.5 Å². The number of hydrogen-bond acceptors (Lipinski definition) is 5. The zero-order valence-corrected chi connectivity index (χ0v) is 19.4. The fraction of sp³-hybridized carbons (Fsp3) is 0.208. The summed E-state index contributed by atoms with van der Waals surface area (Å²) in [5.41, 5.74) is 1.53. The van der Waals surface area contributed by atoms with E-state index >= 15 is 0 Å². The predicted octanol–water partition coefficient (Wildman–Crippen LogP) is 5.09. The number of sulfonamides is 1. The van der Waals surface area contributed by atoms with E-state index in [0.29, 0.717) is 36.5 Å². The van der Waals surface area contributed by atoms with Crippen molar-refractivity contribution in [3.8, 4) is 17.2 Å². The molecule has 0 saturated carbocycles. The van der Waals surface area contributed by atoms with E-state index in [4.69, 9.17) is 26.2 Å². The van der Waals surface area contributed by atoms with Crippen molar-refractivity contribution < 1.29 is 32.2 Å². The third-order valence-corrected chi connectivity index (χ3v) is 7.31. The average molecular weight is 506 g/mol. The van der Waals surface area contributed by atoms with Gasteiger partial charge in [-0.3, -0.25) is 0 Å². The van der Waals surface area contributed by atoms with Gasteiger partial charge in [-0.25, -0.2) is 22.3 Å². The van der Waals surface area contributed by atoms with Crippen LogP contribution in [0.15, 0.2) is 65.6 Å². The Hall–Kier alpha value is -3.14. The molecule has 0 spiro atoms. The Morgan fingerprint density at radius 3 is 2.56 bits per heavy atom. The summed E-state index contributed by atoms with van der Waals surface area (Å²) in [7, 11) is -3.99. The number of carboxylic acid groups (broad SMARTS) is 1. The van der Waals surface area contributed by atoms with Crippen LogP contribution in [0.4, 0.5) is 4.39 Å². The highest BCUT2D eigenvalue weighted by molar-refractivity contribution is 7.89. The number of fused-ring (bicyclic) bond motifs is 1. The third kappa shape index (κ3) is 5.49. The van der Waals surface area contributed by atoms with E-state index in [9.17, 15) is 17.6 Å². The lowest BCUT2D eigenvalue weighted by Crippen LogP contribution is -2.31. The van der Waals surface area contributed by atoms with Gasteiger partial charge in [0.1, 0.15) is 28.0 Å². The molecule has 1 unspecified atom stereocenters. The monoisotopic (exact) mass is 505 g/mol. The van der Waals surface area contributed by atoms with Gasteiger partial charge in [0.15, 0.2) is 6.61 Å². The molecule has 2 N–H and O–H groups in total. The van der Waals surface area contributed by atoms with Crippen molar-refractivity contribution in [2.75, 3.05) is 6.61 Å². The molecule has 0 heterocycles. The molecule has 10 heteroatoms. The SMILES string of the molecule is O=C(O)COc1cccc2c1CCCC2NS(=O)(=O)c1ccc(Oc2ccc(F)cc2)cc1Cl. The summed E-state index contributed by atoms with van der Waals surface area (Å²) in [5, 5.41) is 8.87. The summed E-state index contributed by atoms with van der Waals surface area (Å²) in [4.78, 5) is 10.8. The highest BCUT2D eigenvalue weighted by Gasteiger charge is 2.29. The number of ether oxygens (including phenoxy) is 2. The Balaban J connectivity index is 1.54. The van der Waals surface area contributed by atoms with Crippen LogP contribution in [0.2, 0.25) is 5.02 Å². The molecule has 1 atom stereocenters. The quantitative estimate of drug-likeness (QED) is 0.442. The van der Waals surface area contributed by atoms with Crippen LogP contribution in [0, 0.1) is 5.82 Å². The molecule has 4 rings (SSSR count). The maximum atomic E-state index is 13.2. The van der Waals surface area contributed by atoms with Crippen molar-refractivity contribution in [2.45, 2.75) is 30.2 Å². The number of hydrogen-bond donors (Lipinski definition) is 2. The molecule has 0 radical (unpaired) electrons. The summed E-state index contributed by atoms with van der Waals surface area (Å²) >= 11 is 6.28. The van der Waals surface area contributed by atoms with Crippen molar-refractivity contribution >= 4 is 27.6 Å². The molecule has 0 amide bonds. The molecular weight excluding hydrogens is 485 g/mol. The Labute approximate surface area is 201 Å². The molecule has 1 aliphatic carbocycles. The van der Waals surface area contributed by atoms with Gasteiger partial charge in [0.25, 0.3) is 0 Å². The van der Waals surface area contributed by atoms with Gasteiger partial charge < -0.3 is 14.6 Å². The smallest absolute Gasteiger partial charge is 0.341 e. The predicted molar refractivity (Wildman–Crippen MR) is 123 cm³/mol. The van der Waals surface area contributed by atoms with Crippen molar-refractivity contribution in [1.82, 2.24) is 4.72 Å². The van der Waals surface area contributed by atoms with E-state index in [0.717, 1.165) is 11.1 Å². The molecule has 0 saturated heterocycles. The van der Waals surface area contributed by atoms with Gasteiger partial charge in [-0.05, 0) is 72.9 Å². The molecule has 0 fully saturated rings. The van der Waals surface area contributed by atoms with Gasteiger partial charge in [0.05, 0.1) is 5.02 Å². The van der Waals surface area contributed by atoms with Crippen LogP contribution in [-0.4, -0.2) is 26.1 Å². The maximum absolute atomic E-state index is 13.2. The zero-order chi connectivity index (χ0) is 24.3. The van der Waals surface area contributed by atoms with E-state index in [1.54, 1.807) is 18.2 Å². The number of nitrogens with one attached hydrogen (secondary N) is 1. The van der Waals surface area contributed by atoms with Gasteiger partial charge in [0.2, 0.25) is 10.0 Å². The zero-order valence-electron chi connectivity index (χ0n) is 17.8.